The van der Waals surface area contributed by atoms with E-state index in [4.69, 9.17) is 4.74 Å². The summed E-state index contributed by atoms with van der Waals surface area (Å²) in [6.45, 7) is 4.17. The van der Waals surface area contributed by atoms with Crippen LogP contribution < -0.4 is 25.9 Å². The summed E-state index contributed by atoms with van der Waals surface area (Å²) in [6.07, 6.45) is -1.71. The van der Waals surface area contributed by atoms with Crippen molar-refractivity contribution < 1.29 is 32.2 Å². The Labute approximate surface area is 220 Å². The molecular formula is C24H31FN6O6S. The van der Waals surface area contributed by atoms with Gasteiger partial charge in [0.05, 0.1) is 23.2 Å². The van der Waals surface area contributed by atoms with Gasteiger partial charge in [-0.15, -0.1) is 4.41 Å². The lowest BCUT2D eigenvalue weighted by atomic mass is 10.2. The number of amides is 2. The summed E-state index contributed by atoms with van der Waals surface area (Å²) in [6, 6.07) is 10.4. The van der Waals surface area contributed by atoms with Crippen molar-refractivity contribution in [3.05, 3.63) is 48.3 Å². The molecule has 14 heteroatoms. The Bertz CT molecular complexity index is 1280. The van der Waals surface area contributed by atoms with Crippen molar-refractivity contribution in [2.24, 2.45) is 0 Å². The Morgan fingerprint density at radius 1 is 1.11 bits per heavy atom. The van der Waals surface area contributed by atoms with Crippen LogP contribution in [0.1, 0.15) is 13.8 Å². The van der Waals surface area contributed by atoms with Crippen molar-refractivity contribution in [2.75, 3.05) is 54.4 Å². The molecule has 0 spiro atoms. The van der Waals surface area contributed by atoms with Gasteiger partial charge < -0.3 is 30.3 Å². The number of hydrogen-bond donors (Lipinski definition) is 4. The van der Waals surface area contributed by atoms with Crippen LogP contribution in [-0.4, -0.2) is 81.5 Å². The molecule has 2 aliphatic rings. The van der Waals surface area contributed by atoms with Gasteiger partial charge in [-0.05, 0) is 42.5 Å². The van der Waals surface area contributed by atoms with Gasteiger partial charge in [0.25, 0.3) is 10.0 Å². The molecule has 2 unspecified atom stereocenters. The number of aliphatic hydroxyl groups excluding tert-OH is 1. The van der Waals surface area contributed by atoms with Crippen molar-refractivity contribution in [2.45, 2.75) is 31.3 Å². The van der Waals surface area contributed by atoms with Crippen molar-refractivity contribution in [1.29, 1.82) is 0 Å². The zero-order valence-corrected chi connectivity index (χ0v) is 21.9. The van der Waals surface area contributed by atoms with E-state index in [2.05, 4.69) is 16.1 Å². The van der Waals surface area contributed by atoms with Gasteiger partial charge in [0.15, 0.2) is 0 Å². The van der Waals surface area contributed by atoms with Crippen LogP contribution in [0.3, 0.4) is 0 Å². The molecule has 0 saturated carbocycles. The molecule has 0 aliphatic carbocycles. The molecule has 0 aromatic heterocycles. The van der Waals surface area contributed by atoms with E-state index in [9.17, 15) is 23.1 Å². The van der Waals surface area contributed by atoms with Gasteiger partial charge >= 0.3 is 0 Å². The highest BCUT2D eigenvalue weighted by Gasteiger charge is 2.33. The summed E-state index contributed by atoms with van der Waals surface area (Å²) in [5.74, 6) is -0.994. The zero-order chi connectivity index (χ0) is 27.4. The molecule has 38 heavy (non-hydrogen) atoms. The smallest absolute Gasteiger partial charge is 0.255 e. The standard InChI is InChI=1S/C24H31FN6O6S/c1-16(32)26-14-20-15-30(24(34)37-20)19-5-8-23(22(25)13-19)29-10-9-27-31(12-11-29)38(35,36)21-6-3-18(4-7-21)28-17(2)33/h3-8,13,20,24,27,34H,9-12,14-15H2,1-2H3,(H,26,32)(H,28,33). The van der Waals surface area contributed by atoms with Crippen LogP contribution in [0.2, 0.25) is 0 Å². The Kier molecular flexibility index (Phi) is 8.47. The molecule has 12 nitrogen and oxygen atoms in total. The average Bonchev–Trinajstić information content (AvgIpc) is 3.06. The maximum atomic E-state index is 15.2. The number of nitrogens with one attached hydrogen (secondary N) is 3. The third-order valence-electron chi connectivity index (χ3n) is 6.17. The zero-order valence-electron chi connectivity index (χ0n) is 21.1. The molecule has 0 radical (unpaired) electrons. The van der Waals surface area contributed by atoms with Crippen molar-refractivity contribution in [3.63, 3.8) is 0 Å². The number of hydrazine groups is 1. The molecule has 4 rings (SSSR count). The lowest BCUT2D eigenvalue weighted by Crippen LogP contribution is -2.43. The largest absolute Gasteiger partial charge is 0.366 e. The van der Waals surface area contributed by atoms with Gasteiger partial charge in [0.2, 0.25) is 18.2 Å². The fourth-order valence-corrected chi connectivity index (χ4v) is 5.65. The summed E-state index contributed by atoms with van der Waals surface area (Å²) in [5, 5.41) is 15.5. The van der Waals surface area contributed by atoms with Crippen LogP contribution in [0.25, 0.3) is 0 Å². The fourth-order valence-electron chi connectivity index (χ4n) is 4.33. The topological polar surface area (TPSA) is 144 Å². The molecule has 2 heterocycles. The molecule has 2 atom stereocenters. The van der Waals surface area contributed by atoms with E-state index in [1.165, 1.54) is 49.1 Å². The predicted molar refractivity (Wildman–Crippen MR) is 138 cm³/mol. The van der Waals surface area contributed by atoms with Gasteiger partial charge in [-0.3, -0.25) is 9.59 Å². The lowest BCUT2D eigenvalue weighted by Gasteiger charge is -2.25. The number of halogens is 1. The molecular weight excluding hydrogens is 519 g/mol. The molecule has 4 N–H and O–H groups in total. The summed E-state index contributed by atoms with van der Waals surface area (Å²) in [5.41, 5.74) is 4.11. The molecule has 2 aliphatic heterocycles. The average molecular weight is 551 g/mol. The number of aliphatic hydroxyl groups is 1. The van der Waals surface area contributed by atoms with Crippen LogP contribution in [0.5, 0.6) is 0 Å². The Hall–Kier alpha value is -3.30. The number of anilines is 3. The summed E-state index contributed by atoms with van der Waals surface area (Å²) < 4.78 is 48.0. The van der Waals surface area contributed by atoms with Gasteiger partial charge in [0, 0.05) is 57.9 Å². The lowest BCUT2D eigenvalue weighted by molar-refractivity contribution is -0.121. The number of carbonyl (C=O) groups is 2. The highest BCUT2D eigenvalue weighted by Crippen LogP contribution is 2.29. The van der Waals surface area contributed by atoms with E-state index in [0.29, 0.717) is 23.6 Å². The van der Waals surface area contributed by atoms with Crippen LogP contribution in [0.4, 0.5) is 21.5 Å². The van der Waals surface area contributed by atoms with Crippen LogP contribution in [0, 0.1) is 5.82 Å². The first-order valence-corrected chi connectivity index (χ1v) is 13.5. The number of hydrogen-bond acceptors (Lipinski definition) is 9. The second-order valence-corrected chi connectivity index (χ2v) is 10.8. The van der Waals surface area contributed by atoms with Gasteiger partial charge in [-0.2, -0.15) is 0 Å². The summed E-state index contributed by atoms with van der Waals surface area (Å²) in [7, 11) is -3.87. The monoisotopic (exact) mass is 550 g/mol. The molecule has 0 bridgehead atoms. The van der Waals surface area contributed by atoms with E-state index >= 15 is 4.39 Å². The number of ether oxygens (including phenoxy) is 1. The van der Waals surface area contributed by atoms with Crippen LogP contribution in [-0.2, 0) is 24.3 Å². The number of benzene rings is 2. The Morgan fingerprint density at radius 2 is 1.84 bits per heavy atom. The van der Waals surface area contributed by atoms with Gasteiger partial charge in [0.1, 0.15) is 5.82 Å². The fraction of sp³-hybridized carbons (Fsp3) is 0.417. The molecule has 2 amide bonds. The third kappa shape index (κ3) is 6.39. The minimum Gasteiger partial charge on any atom is -0.366 e. The van der Waals surface area contributed by atoms with Crippen LogP contribution >= 0.6 is 0 Å². The van der Waals surface area contributed by atoms with Crippen LogP contribution in [0.15, 0.2) is 47.4 Å². The first kappa shape index (κ1) is 27.7. The highest BCUT2D eigenvalue weighted by atomic mass is 32.2. The Balaban J connectivity index is 1.41. The minimum atomic E-state index is -3.87. The molecule has 2 fully saturated rings. The SMILES string of the molecule is CC(=O)NCC1CN(c2ccc(N3CCNN(S(=O)(=O)c4ccc(NC(C)=O)cc4)CC3)c(F)c2)C(O)O1. The van der Waals surface area contributed by atoms with E-state index in [1.54, 1.807) is 17.0 Å². The van der Waals surface area contributed by atoms with Crippen molar-refractivity contribution in [1.82, 2.24) is 15.2 Å². The predicted octanol–water partition coefficient (Wildman–Crippen LogP) is 0.417. The first-order valence-electron chi connectivity index (χ1n) is 12.1. The van der Waals surface area contributed by atoms with Crippen molar-refractivity contribution >= 4 is 38.9 Å². The van der Waals surface area contributed by atoms with E-state index in [-0.39, 0.29) is 49.4 Å². The van der Waals surface area contributed by atoms with Gasteiger partial charge in [-0.1, -0.05) is 0 Å². The number of rotatable bonds is 7. The second kappa shape index (κ2) is 11.6. The quantitative estimate of drug-likeness (QED) is 0.386. The third-order valence-corrected chi connectivity index (χ3v) is 7.93. The molecule has 2 saturated heterocycles. The summed E-state index contributed by atoms with van der Waals surface area (Å²) >= 11 is 0. The van der Waals surface area contributed by atoms with Gasteiger partial charge in [-0.25, -0.2) is 18.2 Å². The number of nitrogens with zero attached hydrogens (tertiary/aromatic N) is 3. The molecule has 2 aromatic rings. The maximum Gasteiger partial charge on any atom is 0.255 e. The second-order valence-electron chi connectivity index (χ2n) is 8.99. The first-order chi connectivity index (χ1) is 18.0. The van der Waals surface area contributed by atoms with E-state index < -0.39 is 28.4 Å². The van der Waals surface area contributed by atoms with E-state index in [1.807, 2.05) is 0 Å². The maximum absolute atomic E-state index is 15.2. The number of sulfonamides is 1. The Morgan fingerprint density at radius 3 is 2.50 bits per heavy atom. The molecule has 206 valence electrons. The molecule has 2 aromatic carbocycles. The van der Waals surface area contributed by atoms with E-state index in [0.717, 1.165) is 4.41 Å². The highest BCUT2D eigenvalue weighted by molar-refractivity contribution is 7.89. The normalized spacial score (nSPS) is 20.7. The minimum absolute atomic E-state index is 0.0614. The summed E-state index contributed by atoms with van der Waals surface area (Å²) in [4.78, 5) is 25.6. The number of carbonyl (C=O) groups excluding carboxylic acids is 2. The van der Waals surface area contributed by atoms with Crippen molar-refractivity contribution in [3.8, 4) is 0 Å².